The van der Waals surface area contributed by atoms with Gasteiger partial charge in [-0.3, -0.25) is 0 Å². The standard InChI is InChI=1S/C25H37F3/c1-2-3-4-5-6-7-18-8-10-19(11-9-18)20-12-14-21(15-13-20)22-16-23(26)25(28)24(27)17-22/h16-21H,2-15H2,1H3. The molecule has 158 valence electrons. The molecule has 0 spiro atoms. The molecule has 0 aliphatic heterocycles. The topological polar surface area (TPSA) is 0 Å². The summed E-state index contributed by atoms with van der Waals surface area (Å²) in [6, 6.07) is 2.41. The van der Waals surface area contributed by atoms with Crippen LogP contribution in [0.3, 0.4) is 0 Å². The van der Waals surface area contributed by atoms with Gasteiger partial charge in [0.2, 0.25) is 0 Å². The van der Waals surface area contributed by atoms with E-state index in [-0.39, 0.29) is 5.92 Å². The van der Waals surface area contributed by atoms with Crippen LogP contribution in [0.2, 0.25) is 0 Å². The first-order valence-corrected chi connectivity index (χ1v) is 11.7. The van der Waals surface area contributed by atoms with E-state index in [1.807, 2.05) is 0 Å². The first-order chi connectivity index (χ1) is 13.6. The fourth-order valence-corrected chi connectivity index (χ4v) is 5.72. The van der Waals surface area contributed by atoms with Crippen molar-refractivity contribution in [3.05, 3.63) is 35.1 Å². The summed E-state index contributed by atoms with van der Waals surface area (Å²) >= 11 is 0. The van der Waals surface area contributed by atoms with E-state index in [0.717, 1.165) is 43.4 Å². The van der Waals surface area contributed by atoms with Gasteiger partial charge in [-0.25, -0.2) is 13.2 Å². The Morgan fingerprint density at radius 2 is 1.25 bits per heavy atom. The average Bonchev–Trinajstić information content (AvgIpc) is 2.72. The molecule has 0 atom stereocenters. The molecule has 0 heterocycles. The van der Waals surface area contributed by atoms with Crippen LogP contribution < -0.4 is 0 Å². The van der Waals surface area contributed by atoms with Gasteiger partial charge < -0.3 is 0 Å². The summed E-state index contributed by atoms with van der Waals surface area (Å²) in [5, 5.41) is 0. The highest BCUT2D eigenvalue weighted by molar-refractivity contribution is 5.23. The van der Waals surface area contributed by atoms with E-state index in [1.165, 1.54) is 76.3 Å². The van der Waals surface area contributed by atoms with E-state index >= 15 is 0 Å². The molecule has 0 radical (unpaired) electrons. The van der Waals surface area contributed by atoms with E-state index in [9.17, 15) is 13.2 Å². The molecule has 0 amide bonds. The van der Waals surface area contributed by atoms with E-state index in [4.69, 9.17) is 0 Å². The largest absolute Gasteiger partial charge is 0.204 e. The second-order valence-corrected chi connectivity index (χ2v) is 9.39. The molecular weight excluding hydrogens is 357 g/mol. The summed E-state index contributed by atoms with van der Waals surface area (Å²) in [7, 11) is 0. The second kappa shape index (κ2) is 10.7. The Morgan fingerprint density at radius 3 is 1.82 bits per heavy atom. The van der Waals surface area contributed by atoms with Gasteiger partial charge in [-0.2, -0.15) is 0 Å². The van der Waals surface area contributed by atoms with Gasteiger partial charge in [0.15, 0.2) is 17.5 Å². The molecule has 0 unspecified atom stereocenters. The van der Waals surface area contributed by atoms with Crippen molar-refractivity contribution in [3.8, 4) is 0 Å². The molecule has 3 rings (SSSR count). The van der Waals surface area contributed by atoms with Crippen molar-refractivity contribution < 1.29 is 13.2 Å². The van der Waals surface area contributed by atoms with E-state index in [1.54, 1.807) is 0 Å². The Hall–Kier alpha value is -0.990. The van der Waals surface area contributed by atoms with Crippen molar-refractivity contribution in [2.24, 2.45) is 17.8 Å². The van der Waals surface area contributed by atoms with Gasteiger partial charge in [-0.1, -0.05) is 58.3 Å². The lowest BCUT2D eigenvalue weighted by Crippen LogP contribution is -2.25. The Labute approximate surface area is 169 Å². The maximum Gasteiger partial charge on any atom is 0.194 e. The van der Waals surface area contributed by atoms with Crippen LogP contribution >= 0.6 is 0 Å². The lowest BCUT2D eigenvalue weighted by molar-refractivity contribution is 0.155. The molecule has 2 fully saturated rings. The minimum Gasteiger partial charge on any atom is -0.204 e. The van der Waals surface area contributed by atoms with Gasteiger partial charge in [-0.05, 0) is 79.9 Å². The number of halogens is 3. The molecule has 2 saturated carbocycles. The molecule has 1 aromatic rings. The zero-order valence-corrected chi connectivity index (χ0v) is 17.5. The maximum atomic E-state index is 13.5. The fraction of sp³-hybridized carbons (Fsp3) is 0.760. The first kappa shape index (κ1) is 21.7. The lowest BCUT2D eigenvalue weighted by Gasteiger charge is -2.38. The summed E-state index contributed by atoms with van der Waals surface area (Å²) in [4.78, 5) is 0. The summed E-state index contributed by atoms with van der Waals surface area (Å²) in [5.41, 5.74) is 0.640. The van der Waals surface area contributed by atoms with Crippen molar-refractivity contribution in [1.82, 2.24) is 0 Å². The Balaban J connectivity index is 1.39. The van der Waals surface area contributed by atoms with Gasteiger partial charge in [-0.15, -0.1) is 0 Å². The molecule has 1 aromatic carbocycles. The predicted molar refractivity (Wildman–Crippen MR) is 110 cm³/mol. The minimum atomic E-state index is -1.35. The van der Waals surface area contributed by atoms with Gasteiger partial charge in [0.1, 0.15) is 0 Å². The number of rotatable bonds is 8. The first-order valence-electron chi connectivity index (χ1n) is 11.7. The van der Waals surface area contributed by atoms with E-state index in [2.05, 4.69) is 6.92 Å². The molecule has 0 nitrogen and oxygen atoms in total. The van der Waals surface area contributed by atoms with Crippen LogP contribution in [-0.4, -0.2) is 0 Å². The fourth-order valence-electron chi connectivity index (χ4n) is 5.72. The summed E-state index contributed by atoms with van der Waals surface area (Å²) in [5.74, 6) is -0.703. The van der Waals surface area contributed by atoms with Gasteiger partial charge in [0.05, 0.1) is 0 Å². The van der Waals surface area contributed by atoms with Crippen molar-refractivity contribution in [3.63, 3.8) is 0 Å². The zero-order chi connectivity index (χ0) is 19.9. The second-order valence-electron chi connectivity index (χ2n) is 9.39. The summed E-state index contributed by atoms with van der Waals surface area (Å²) in [6.07, 6.45) is 18.1. The molecule has 0 bridgehead atoms. The molecule has 0 saturated heterocycles. The lowest BCUT2D eigenvalue weighted by atomic mass is 9.68. The minimum absolute atomic E-state index is 0.181. The quantitative estimate of drug-likeness (QED) is 0.306. The van der Waals surface area contributed by atoms with Gasteiger partial charge >= 0.3 is 0 Å². The third-order valence-corrected chi connectivity index (χ3v) is 7.52. The predicted octanol–water partition coefficient (Wildman–Crippen LogP) is 8.54. The summed E-state index contributed by atoms with van der Waals surface area (Å²) < 4.78 is 40.3. The maximum absolute atomic E-state index is 13.5. The van der Waals surface area contributed by atoms with E-state index in [0.29, 0.717) is 5.56 Å². The third-order valence-electron chi connectivity index (χ3n) is 7.52. The normalized spacial score (nSPS) is 28.4. The SMILES string of the molecule is CCCCCCCC1CCC(C2CCC(c3cc(F)c(F)c(F)c3)CC2)CC1. The van der Waals surface area contributed by atoms with Gasteiger partial charge in [0, 0.05) is 0 Å². The molecule has 0 N–H and O–H groups in total. The molecule has 28 heavy (non-hydrogen) atoms. The highest BCUT2D eigenvalue weighted by atomic mass is 19.2. The highest BCUT2D eigenvalue weighted by Gasteiger charge is 2.31. The van der Waals surface area contributed by atoms with Crippen LogP contribution in [0.4, 0.5) is 13.2 Å². The molecular formula is C25H37F3. The number of hydrogen-bond acceptors (Lipinski definition) is 0. The van der Waals surface area contributed by atoms with Crippen LogP contribution in [0.25, 0.3) is 0 Å². The van der Waals surface area contributed by atoms with Crippen molar-refractivity contribution in [1.29, 1.82) is 0 Å². The van der Waals surface area contributed by atoms with Crippen LogP contribution in [0.5, 0.6) is 0 Å². The third kappa shape index (κ3) is 5.76. The van der Waals surface area contributed by atoms with Crippen molar-refractivity contribution in [2.75, 3.05) is 0 Å². The number of hydrogen-bond donors (Lipinski definition) is 0. The monoisotopic (exact) mass is 394 g/mol. The molecule has 2 aliphatic carbocycles. The van der Waals surface area contributed by atoms with Crippen LogP contribution in [0.1, 0.15) is 108 Å². The van der Waals surface area contributed by atoms with Crippen LogP contribution in [-0.2, 0) is 0 Å². The number of unbranched alkanes of at least 4 members (excludes halogenated alkanes) is 4. The number of benzene rings is 1. The smallest absolute Gasteiger partial charge is 0.194 e. The Kier molecular flexibility index (Phi) is 8.29. The molecule has 0 aromatic heterocycles. The van der Waals surface area contributed by atoms with Crippen molar-refractivity contribution in [2.45, 2.75) is 103 Å². The Bertz CT molecular complexity index is 573. The zero-order valence-electron chi connectivity index (χ0n) is 17.5. The summed E-state index contributed by atoms with van der Waals surface area (Å²) in [6.45, 7) is 2.27. The molecule has 3 heteroatoms. The highest BCUT2D eigenvalue weighted by Crippen LogP contribution is 2.44. The van der Waals surface area contributed by atoms with Crippen LogP contribution in [0.15, 0.2) is 12.1 Å². The van der Waals surface area contributed by atoms with E-state index < -0.39 is 17.5 Å². The Morgan fingerprint density at radius 1 is 0.714 bits per heavy atom. The van der Waals surface area contributed by atoms with Crippen molar-refractivity contribution >= 4 is 0 Å². The average molecular weight is 395 g/mol. The van der Waals surface area contributed by atoms with Crippen LogP contribution in [0, 0.1) is 35.2 Å². The molecule has 2 aliphatic rings. The van der Waals surface area contributed by atoms with Gasteiger partial charge in [0.25, 0.3) is 0 Å².